The maximum atomic E-state index is 14.1. The fourth-order valence-corrected chi connectivity index (χ4v) is 5.77. The summed E-state index contributed by atoms with van der Waals surface area (Å²) in [6, 6.07) is 20.7. The van der Waals surface area contributed by atoms with Crippen LogP contribution in [0.3, 0.4) is 0 Å². The quantitative estimate of drug-likeness (QED) is 0.213. The summed E-state index contributed by atoms with van der Waals surface area (Å²) in [5, 5.41) is 3.52. The van der Waals surface area contributed by atoms with Crippen molar-refractivity contribution in [2.45, 2.75) is 30.3 Å². The van der Waals surface area contributed by atoms with Crippen molar-refractivity contribution >= 4 is 39.9 Å². The second-order valence-corrected chi connectivity index (χ2v) is 10.8. The Kier molecular flexibility index (Phi) is 9.11. The lowest BCUT2D eigenvalue weighted by Crippen LogP contribution is -2.36. The van der Waals surface area contributed by atoms with E-state index in [9.17, 15) is 9.59 Å². The number of amides is 1. The van der Waals surface area contributed by atoms with Crippen molar-refractivity contribution in [1.82, 2.24) is 9.55 Å². The lowest BCUT2D eigenvalue weighted by atomic mass is 10.2. The maximum Gasteiger partial charge on any atom is 0.262 e. The highest BCUT2D eigenvalue weighted by Gasteiger charge is 2.24. The van der Waals surface area contributed by atoms with Crippen LogP contribution in [0.25, 0.3) is 10.9 Å². The second-order valence-electron chi connectivity index (χ2n) is 9.64. The van der Waals surface area contributed by atoms with E-state index >= 15 is 0 Å². The molecule has 1 N–H and O–H groups in total. The van der Waals surface area contributed by atoms with Crippen molar-refractivity contribution in [2.24, 2.45) is 0 Å². The Hall–Kier alpha value is -4.02. The number of anilines is 2. The SMILES string of the molecule is CC[C@H](Sc1nc2ccc(N3CCOCC3)cc2c(=O)n1Cc1ccc(OC)cc1)C(=O)Nc1ccccc1OC. The average molecular weight is 575 g/mol. The third-order valence-corrected chi connectivity index (χ3v) is 8.41. The fraction of sp³-hybridized carbons (Fsp3) is 0.323. The van der Waals surface area contributed by atoms with Crippen LogP contribution >= 0.6 is 11.8 Å². The molecule has 0 unspecified atom stereocenters. The Balaban J connectivity index is 1.51. The van der Waals surface area contributed by atoms with Crippen LogP contribution in [0, 0.1) is 0 Å². The van der Waals surface area contributed by atoms with Gasteiger partial charge in [-0.25, -0.2) is 4.98 Å². The first kappa shape index (κ1) is 28.5. The van der Waals surface area contributed by atoms with Gasteiger partial charge in [0.15, 0.2) is 5.16 Å². The van der Waals surface area contributed by atoms with Gasteiger partial charge in [0.1, 0.15) is 11.5 Å². The van der Waals surface area contributed by atoms with E-state index in [2.05, 4.69) is 10.2 Å². The van der Waals surface area contributed by atoms with Crippen molar-refractivity contribution in [3.8, 4) is 11.5 Å². The summed E-state index contributed by atoms with van der Waals surface area (Å²) in [4.78, 5) is 34.6. The van der Waals surface area contributed by atoms with E-state index in [-0.39, 0.29) is 11.5 Å². The molecule has 0 aliphatic carbocycles. The Morgan fingerprint density at radius 3 is 2.51 bits per heavy atom. The minimum atomic E-state index is -0.487. The molecule has 1 atom stereocenters. The molecule has 214 valence electrons. The molecule has 1 aliphatic rings. The predicted octanol–water partition coefficient (Wildman–Crippen LogP) is 4.81. The standard InChI is InChI=1S/C31H34N4O5S/c1-4-28(29(36)32-26-7-5-6-8-27(26)39-3)41-31-33-25-14-11-22(34-15-17-40-18-16-34)19-24(25)30(37)35(31)20-21-9-12-23(38-2)13-10-21/h5-14,19,28H,4,15-18,20H2,1-3H3,(H,32,36)/t28-/m0/s1. The molecule has 5 rings (SSSR count). The summed E-state index contributed by atoms with van der Waals surface area (Å²) in [6.07, 6.45) is 0.540. The largest absolute Gasteiger partial charge is 0.497 e. The Labute approximate surface area is 243 Å². The highest BCUT2D eigenvalue weighted by molar-refractivity contribution is 8.00. The number of benzene rings is 3. The van der Waals surface area contributed by atoms with Crippen molar-refractivity contribution < 1.29 is 19.0 Å². The Bertz CT molecular complexity index is 1570. The molecular formula is C31H34N4O5S. The topological polar surface area (TPSA) is 94.9 Å². The van der Waals surface area contributed by atoms with Crippen LogP contribution in [0.4, 0.5) is 11.4 Å². The van der Waals surface area contributed by atoms with Crippen molar-refractivity contribution in [1.29, 1.82) is 0 Å². The van der Waals surface area contributed by atoms with Gasteiger partial charge in [-0.05, 0) is 54.4 Å². The molecule has 4 aromatic rings. The van der Waals surface area contributed by atoms with Gasteiger partial charge < -0.3 is 24.4 Å². The van der Waals surface area contributed by atoms with E-state index in [1.54, 1.807) is 30.9 Å². The van der Waals surface area contributed by atoms with E-state index in [0.717, 1.165) is 30.1 Å². The third-order valence-electron chi connectivity index (χ3n) is 7.05. The first-order valence-corrected chi connectivity index (χ1v) is 14.5. The van der Waals surface area contributed by atoms with Crippen LogP contribution in [0.1, 0.15) is 18.9 Å². The zero-order chi connectivity index (χ0) is 28.8. The molecule has 41 heavy (non-hydrogen) atoms. The molecule has 10 heteroatoms. The van der Waals surface area contributed by atoms with Crippen LogP contribution in [0.15, 0.2) is 76.7 Å². The van der Waals surface area contributed by atoms with Gasteiger partial charge in [0.25, 0.3) is 5.56 Å². The van der Waals surface area contributed by atoms with Gasteiger partial charge in [-0.15, -0.1) is 0 Å². The van der Waals surface area contributed by atoms with E-state index in [1.807, 2.05) is 61.5 Å². The third kappa shape index (κ3) is 6.49. The molecular weight excluding hydrogens is 540 g/mol. The molecule has 1 amide bonds. The number of fused-ring (bicyclic) bond motifs is 1. The van der Waals surface area contributed by atoms with E-state index in [1.165, 1.54) is 11.8 Å². The number of nitrogens with one attached hydrogen (secondary N) is 1. The maximum absolute atomic E-state index is 14.1. The van der Waals surface area contributed by atoms with E-state index in [4.69, 9.17) is 19.2 Å². The summed E-state index contributed by atoms with van der Waals surface area (Å²) in [5.74, 6) is 1.13. The van der Waals surface area contributed by atoms with Gasteiger partial charge >= 0.3 is 0 Å². The van der Waals surface area contributed by atoms with E-state index in [0.29, 0.717) is 53.7 Å². The van der Waals surface area contributed by atoms with Gasteiger partial charge in [-0.2, -0.15) is 0 Å². The number of methoxy groups -OCH3 is 2. The zero-order valence-corrected chi connectivity index (χ0v) is 24.3. The number of nitrogens with zero attached hydrogens (tertiary/aromatic N) is 3. The molecule has 0 spiro atoms. The molecule has 0 bridgehead atoms. The highest BCUT2D eigenvalue weighted by atomic mass is 32.2. The first-order chi connectivity index (χ1) is 20.0. The molecule has 3 aromatic carbocycles. The minimum Gasteiger partial charge on any atom is -0.497 e. The molecule has 0 saturated carbocycles. The molecule has 0 radical (unpaired) electrons. The fourth-order valence-electron chi connectivity index (χ4n) is 4.76. The zero-order valence-electron chi connectivity index (χ0n) is 23.5. The Morgan fingerprint density at radius 2 is 1.80 bits per heavy atom. The number of carbonyl (C=O) groups excluding carboxylic acids is 1. The van der Waals surface area contributed by atoms with Crippen LogP contribution < -0.4 is 25.2 Å². The number of ether oxygens (including phenoxy) is 3. The van der Waals surface area contributed by atoms with Crippen LogP contribution in [-0.4, -0.2) is 61.2 Å². The van der Waals surface area contributed by atoms with Crippen LogP contribution in [-0.2, 0) is 16.1 Å². The average Bonchev–Trinajstić information content (AvgIpc) is 3.02. The lowest BCUT2D eigenvalue weighted by molar-refractivity contribution is -0.115. The van der Waals surface area contributed by atoms with Gasteiger partial charge in [0, 0.05) is 18.8 Å². The minimum absolute atomic E-state index is 0.150. The van der Waals surface area contributed by atoms with Crippen LogP contribution in [0.2, 0.25) is 0 Å². The number of rotatable bonds is 10. The van der Waals surface area contributed by atoms with Gasteiger partial charge in [-0.1, -0.05) is 43.0 Å². The second kappa shape index (κ2) is 13.1. The van der Waals surface area contributed by atoms with E-state index < -0.39 is 5.25 Å². The number of morpholine rings is 1. The van der Waals surface area contributed by atoms with Gasteiger partial charge in [0.05, 0.1) is 55.8 Å². The summed E-state index contributed by atoms with van der Waals surface area (Å²) in [6.45, 7) is 5.10. The van der Waals surface area contributed by atoms with Crippen LogP contribution in [0.5, 0.6) is 11.5 Å². The summed E-state index contributed by atoms with van der Waals surface area (Å²) >= 11 is 1.29. The smallest absolute Gasteiger partial charge is 0.262 e. The Morgan fingerprint density at radius 1 is 1.05 bits per heavy atom. The highest BCUT2D eigenvalue weighted by Crippen LogP contribution is 2.30. The van der Waals surface area contributed by atoms with Crippen molar-refractivity contribution in [2.75, 3.05) is 50.7 Å². The van der Waals surface area contributed by atoms with Crippen molar-refractivity contribution in [3.63, 3.8) is 0 Å². The predicted molar refractivity (Wildman–Crippen MR) is 163 cm³/mol. The van der Waals surface area contributed by atoms with Crippen molar-refractivity contribution in [3.05, 3.63) is 82.6 Å². The molecule has 1 aromatic heterocycles. The number of aromatic nitrogens is 2. The van der Waals surface area contributed by atoms with Gasteiger partial charge in [-0.3, -0.25) is 14.2 Å². The normalized spacial score (nSPS) is 14.1. The number of hydrogen-bond donors (Lipinski definition) is 1. The molecule has 1 fully saturated rings. The molecule has 1 aliphatic heterocycles. The number of thioether (sulfide) groups is 1. The molecule has 2 heterocycles. The summed E-state index contributed by atoms with van der Waals surface area (Å²) in [5.41, 5.74) is 2.94. The number of carbonyl (C=O) groups is 1. The first-order valence-electron chi connectivity index (χ1n) is 13.6. The number of hydrogen-bond acceptors (Lipinski definition) is 8. The number of para-hydroxylation sites is 2. The lowest BCUT2D eigenvalue weighted by Gasteiger charge is -2.29. The van der Waals surface area contributed by atoms with Gasteiger partial charge in [0.2, 0.25) is 5.91 Å². The molecule has 1 saturated heterocycles. The monoisotopic (exact) mass is 574 g/mol. The molecule has 9 nitrogen and oxygen atoms in total. The summed E-state index contributed by atoms with van der Waals surface area (Å²) < 4.78 is 17.9. The summed E-state index contributed by atoms with van der Waals surface area (Å²) in [7, 11) is 3.19.